The molecule has 8 nitrogen and oxygen atoms in total. The van der Waals surface area contributed by atoms with Gasteiger partial charge >= 0.3 is 5.97 Å². The maximum atomic E-state index is 12.3. The Morgan fingerprint density at radius 1 is 1.29 bits per heavy atom. The maximum Gasteiger partial charge on any atom is 0.326 e. The fourth-order valence-corrected chi connectivity index (χ4v) is 2.34. The van der Waals surface area contributed by atoms with Gasteiger partial charge in [-0.15, -0.1) is 5.10 Å². The molecule has 0 radical (unpaired) electrons. The standard InChI is InChI=1S/C16H20N4O4/c1-10(2)9-13(16(23)24)17-14(21)7-8-20-15(22)11-5-3-4-6-12(11)18-19-20/h3-6,10,13H,7-9H2,1-2H3,(H,17,21)(H,23,24)/t13-/m1/s1. The molecule has 0 saturated carbocycles. The molecule has 0 aliphatic heterocycles. The van der Waals surface area contributed by atoms with Crippen molar-refractivity contribution in [2.24, 2.45) is 5.92 Å². The molecule has 1 atom stereocenters. The van der Waals surface area contributed by atoms with E-state index in [0.29, 0.717) is 17.3 Å². The van der Waals surface area contributed by atoms with E-state index < -0.39 is 17.9 Å². The third-order valence-corrected chi connectivity index (χ3v) is 3.52. The minimum atomic E-state index is -1.07. The number of nitrogens with zero attached hydrogens (tertiary/aromatic N) is 3. The lowest BCUT2D eigenvalue weighted by Gasteiger charge is -2.16. The predicted molar refractivity (Wildman–Crippen MR) is 87.4 cm³/mol. The van der Waals surface area contributed by atoms with Crippen molar-refractivity contribution in [3.8, 4) is 0 Å². The molecule has 0 unspecified atom stereocenters. The average Bonchev–Trinajstić information content (AvgIpc) is 2.53. The Balaban J connectivity index is 2.02. The van der Waals surface area contributed by atoms with Gasteiger partial charge in [0, 0.05) is 6.42 Å². The van der Waals surface area contributed by atoms with Crippen LogP contribution in [0.5, 0.6) is 0 Å². The fourth-order valence-electron chi connectivity index (χ4n) is 2.34. The molecule has 1 heterocycles. The summed E-state index contributed by atoms with van der Waals surface area (Å²) in [5.41, 5.74) is 0.163. The summed E-state index contributed by atoms with van der Waals surface area (Å²) in [6, 6.07) is 5.88. The molecule has 8 heteroatoms. The van der Waals surface area contributed by atoms with E-state index in [2.05, 4.69) is 15.6 Å². The number of carbonyl (C=O) groups excluding carboxylic acids is 1. The maximum absolute atomic E-state index is 12.3. The third-order valence-electron chi connectivity index (χ3n) is 3.52. The summed E-state index contributed by atoms with van der Waals surface area (Å²) in [5, 5.41) is 19.8. The van der Waals surface area contributed by atoms with Gasteiger partial charge in [-0.25, -0.2) is 9.48 Å². The second kappa shape index (κ2) is 7.67. The Labute approximate surface area is 138 Å². The molecule has 2 rings (SSSR count). The number of benzene rings is 1. The Hall–Kier alpha value is -2.77. The van der Waals surface area contributed by atoms with Gasteiger partial charge in [0.25, 0.3) is 5.56 Å². The Morgan fingerprint density at radius 2 is 2.00 bits per heavy atom. The van der Waals surface area contributed by atoms with Crippen molar-refractivity contribution in [2.45, 2.75) is 39.3 Å². The zero-order valence-corrected chi connectivity index (χ0v) is 13.6. The Morgan fingerprint density at radius 3 is 2.67 bits per heavy atom. The highest BCUT2D eigenvalue weighted by Gasteiger charge is 2.21. The number of nitrogens with one attached hydrogen (secondary N) is 1. The van der Waals surface area contributed by atoms with Gasteiger partial charge in [0.05, 0.1) is 11.9 Å². The zero-order chi connectivity index (χ0) is 17.7. The van der Waals surface area contributed by atoms with Crippen LogP contribution in [0.2, 0.25) is 0 Å². The number of amides is 1. The number of carboxylic acid groups (broad SMARTS) is 1. The van der Waals surface area contributed by atoms with Crippen LogP contribution in [0.25, 0.3) is 10.9 Å². The molecule has 0 bridgehead atoms. The summed E-state index contributed by atoms with van der Waals surface area (Å²) in [7, 11) is 0. The molecule has 0 aliphatic rings. The van der Waals surface area contributed by atoms with E-state index in [1.807, 2.05) is 13.8 Å². The first-order valence-corrected chi connectivity index (χ1v) is 7.73. The number of aliphatic carboxylic acids is 1. The van der Waals surface area contributed by atoms with Crippen molar-refractivity contribution in [3.05, 3.63) is 34.6 Å². The number of hydrogen-bond donors (Lipinski definition) is 2. The zero-order valence-electron chi connectivity index (χ0n) is 13.6. The van der Waals surface area contributed by atoms with Crippen molar-refractivity contribution in [1.82, 2.24) is 20.3 Å². The smallest absolute Gasteiger partial charge is 0.326 e. The summed E-state index contributed by atoms with van der Waals surface area (Å²) in [4.78, 5) is 35.4. The van der Waals surface area contributed by atoms with Gasteiger partial charge in [-0.1, -0.05) is 31.2 Å². The van der Waals surface area contributed by atoms with E-state index in [1.165, 1.54) is 0 Å². The molecule has 1 aromatic heterocycles. The number of aromatic nitrogens is 3. The summed E-state index contributed by atoms with van der Waals surface area (Å²) in [6.07, 6.45) is 0.297. The van der Waals surface area contributed by atoms with E-state index in [0.717, 1.165) is 4.68 Å². The van der Waals surface area contributed by atoms with Crippen LogP contribution in [0.4, 0.5) is 0 Å². The molecule has 2 N–H and O–H groups in total. The highest BCUT2D eigenvalue weighted by Crippen LogP contribution is 2.06. The quantitative estimate of drug-likeness (QED) is 0.775. The van der Waals surface area contributed by atoms with Gasteiger partial charge in [-0.3, -0.25) is 9.59 Å². The number of hydrogen-bond acceptors (Lipinski definition) is 5. The van der Waals surface area contributed by atoms with E-state index in [1.54, 1.807) is 24.3 Å². The van der Waals surface area contributed by atoms with Crippen LogP contribution in [-0.2, 0) is 16.1 Å². The van der Waals surface area contributed by atoms with Crippen molar-refractivity contribution in [1.29, 1.82) is 0 Å². The van der Waals surface area contributed by atoms with Crippen molar-refractivity contribution in [3.63, 3.8) is 0 Å². The van der Waals surface area contributed by atoms with Crippen LogP contribution in [0.1, 0.15) is 26.7 Å². The normalized spacial score (nSPS) is 12.3. The van der Waals surface area contributed by atoms with Crippen LogP contribution in [0.15, 0.2) is 29.1 Å². The molecular formula is C16H20N4O4. The molecular weight excluding hydrogens is 312 g/mol. The molecule has 2 aromatic rings. The predicted octanol–water partition coefficient (Wildman–Crippen LogP) is 0.797. The van der Waals surface area contributed by atoms with Gasteiger partial charge in [0.2, 0.25) is 5.91 Å². The minimum absolute atomic E-state index is 0.0382. The van der Waals surface area contributed by atoms with Crippen molar-refractivity contribution >= 4 is 22.8 Å². The molecule has 24 heavy (non-hydrogen) atoms. The summed E-state index contributed by atoms with van der Waals surface area (Å²) in [5.74, 6) is -1.37. The lowest BCUT2D eigenvalue weighted by atomic mass is 10.0. The summed E-state index contributed by atoms with van der Waals surface area (Å²) < 4.78 is 1.11. The van der Waals surface area contributed by atoms with Crippen molar-refractivity contribution < 1.29 is 14.7 Å². The largest absolute Gasteiger partial charge is 0.480 e. The SMILES string of the molecule is CC(C)C[C@@H](NC(=O)CCn1nnc2ccccc2c1=O)C(=O)O. The van der Waals surface area contributed by atoms with E-state index in [-0.39, 0.29) is 24.4 Å². The number of carbonyl (C=O) groups is 2. The van der Waals surface area contributed by atoms with Crippen LogP contribution in [0.3, 0.4) is 0 Å². The topological polar surface area (TPSA) is 114 Å². The van der Waals surface area contributed by atoms with Crippen LogP contribution in [0, 0.1) is 5.92 Å². The van der Waals surface area contributed by atoms with Gasteiger partial charge in [-0.05, 0) is 24.5 Å². The molecule has 1 aromatic carbocycles. The van der Waals surface area contributed by atoms with Gasteiger partial charge in [0.1, 0.15) is 11.6 Å². The third kappa shape index (κ3) is 4.37. The molecule has 0 fully saturated rings. The summed E-state index contributed by atoms with van der Waals surface area (Å²) >= 11 is 0. The molecule has 0 spiro atoms. The van der Waals surface area contributed by atoms with E-state index in [9.17, 15) is 14.4 Å². The van der Waals surface area contributed by atoms with E-state index >= 15 is 0 Å². The molecule has 1 amide bonds. The fraction of sp³-hybridized carbons (Fsp3) is 0.438. The van der Waals surface area contributed by atoms with E-state index in [4.69, 9.17) is 5.11 Å². The highest BCUT2D eigenvalue weighted by atomic mass is 16.4. The lowest BCUT2D eigenvalue weighted by molar-refractivity contribution is -0.142. The number of rotatable bonds is 7. The van der Waals surface area contributed by atoms with Gasteiger partial charge in [0.15, 0.2) is 0 Å². The molecule has 0 saturated heterocycles. The number of aryl methyl sites for hydroxylation is 1. The second-order valence-electron chi connectivity index (χ2n) is 5.97. The number of carboxylic acids is 1. The minimum Gasteiger partial charge on any atom is -0.480 e. The van der Waals surface area contributed by atoms with Crippen molar-refractivity contribution in [2.75, 3.05) is 0 Å². The molecule has 0 aliphatic carbocycles. The molecule has 128 valence electrons. The van der Waals surface area contributed by atoms with Gasteiger partial charge < -0.3 is 10.4 Å². The van der Waals surface area contributed by atoms with Crippen LogP contribution < -0.4 is 10.9 Å². The second-order valence-corrected chi connectivity index (χ2v) is 5.97. The Bertz CT molecular complexity index is 800. The first-order valence-electron chi connectivity index (χ1n) is 7.73. The first kappa shape index (κ1) is 17.6. The first-order chi connectivity index (χ1) is 11.4. The highest BCUT2D eigenvalue weighted by molar-refractivity contribution is 5.83. The summed E-state index contributed by atoms with van der Waals surface area (Å²) in [6.45, 7) is 3.80. The van der Waals surface area contributed by atoms with Crippen LogP contribution in [-0.4, -0.2) is 38.0 Å². The van der Waals surface area contributed by atoms with Crippen LogP contribution >= 0.6 is 0 Å². The van der Waals surface area contributed by atoms with Gasteiger partial charge in [-0.2, -0.15) is 0 Å². The monoisotopic (exact) mass is 332 g/mol. The lowest BCUT2D eigenvalue weighted by Crippen LogP contribution is -2.42. The number of fused-ring (bicyclic) bond motifs is 1. The Kier molecular flexibility index (Phi) is 5.62. The average molecular weight is 332 g/mol.